The summed E-state index contributed by atoms with van der Waals surface area (Å²) in [5.74, 6) is 0.781. The molecule has 3 heterocycles. The lowest BCUT2D eigenvalue weighted by atomic mass is 10.0. The molecule has 3 aromatic rings. The molecule has 7 heteroatoms. The minimum absolute atomic E-state index is 0.0459. The van der Waals surface area contributed by atoms with E-state index in [1.54, 1.807) is 7.11 Å². The SMILES string of the molecule is COc1ccc(C(CNC(=O)c2sccc2-n2cccc2)N2CCOCC2)cc1. The Bertz CT molecular complexity index is 915. The number of methoxy groups -OCH3 is 1. The number of carbonyl (C=O) groups excluding carboxylic acids is 1. The first-order chi connectivity index (χ1) is 14.3. The van der Waals surface area contributed by atoms with Gasteiger partial charge in [-0.1, -0.05) is 12.1 Å². The molecule has 1 saturated heterocycles. The molecule has 0 aliphatic carbocycles. The quantitative estimate of drug-likeness (QED) is 0.648. The average molecular weight is 412 g/mol. The van der Waals surface area contributed by atoms with Crippen molar-refractivity contribution in [2.24, 2.45) is 0 Å². The average Bonchev–Trinajstić information content (AvgIpc) is 3.46. The van der Waals surface area contributed by atoms with Crippen LogP contribution in [-0.4, -0.2) is 55.3 Å². The number of aromatic nitrogens is 1. The number of nitrogens with zero attached hydrogens (tertiary/aromatic N) is 2. The molecule has 1 aliphatic rings. The molecule has 0 saturated carbocycles. The van der Waals surface area contributed by atoms with Crippen molar-refractivity contribution >= 4 is 17.2 Å². The van der Waals surface area contributed by atoms with Crippen molar-refractivity contribution in [2.45, 2.75) is 6.04 Å². The highest BCUT2D eigenvalue weighted by Crippen LogP contribution is 2.25. The van der Waals surface area contributed by atoms with Gasteiger partial charge in [-0.25, -0.2) is 0 Å². The van der Waals surface area contributed by atoms with Gasteiger partial charge in [-0.3, -0.25) is 9.69 Å². The predicted molar refractivity (Wildman–Crippen MR) is 114 cm³/mol. The maximum absolute atomic E-state index is 13.0. The first kappa shape index (κ1) is 19.7. The molecule has 1 aliphatic heterocycles. The zero-order valence-corrected chi connectivity index (χ0v) is 17.2. The largest absolute Gasteiger partial charge is 0.497 e. The Labute approximate surface area is 174 Å². The van der Waals surface area contributed by atoms with Gasteiger partial charge in [0.15, 0.2) is 0 Å². The van der Waals surface area contributed by atoms with Crippen molar-refractivity contribution in [3.63, 3.8) is 0 Å². The molecule has 0 bridgehead atoms. The van der Waals surface area contributed by atoms with E-state index >= 15 is 0 Å². The summed E-state index contributed by atoms with van der Waals surface area (Å²) >= 11 is 1.46. The molecule has 29 heavy (non-hydrogen) atoms. The minimum atomic E-state index is -0.0459. The lowest BCUT2D eigenvalue weighted by molar-refractivity contribution is 0.0162. The number of morpholine rings is 1. The fourth-order valence-electron chi connectivity index (χ4n) is 3.61. The third kappa shape index (κ3) is 4.53. The van der Waals surface area contributed by atoms with Gasteiger partial charge in [-0.15, -0.1) is 11.3 Å². The van der Waals surface area contributed by atoms with Gasteiger partial charge in [0.25, 0.3) is 5.91 Å². The van der Waals surface area contributed by atoms with E-state index in [0.29, 0.717) is 19.8 Å². The van der Waals surface area contributed by atoms with E-state index in [-0.39, 0.29) is 11.9 Å². The molecular formula is C22H25N3O3S. The highest BCUT2D eigenvalue weighted by atomic mass is 32.1. The summed E-state index contributed by atoms with van der Waals surface area (Å²) in [6.45, 7) is 3.65. The van der Waals surface area contributed by atoms with E-state index in [2.05, 4.69) is 22.3 Å². The lowest BCUT2D eigenvalue weighted by Gasteiger charge is -2.35. The number of carbonyl (C=O) groups is 1. The Hall–Kier alpha value is -2.61. The second-order valence-electron chi connectivity index (χ2n) is 6.87. The number of benzene rings is 1. The summed E-state index contributed by atoms with van der Waals surface area (Å²) in [6.07, 6.45) is 3.90. The molecule has 1 N–H and O–H groups in total. The molecule has 4 rings (SSSR count). The molecule has 0 spiro atoms. The van der Waals surface area contributed by atoms with E-state index in [1.807, 2.05) is 52.7 Å². The molecule has 1 unspecified atom stereocenters. The molecule has 1 atom stereocenters. The predicted octanol–water partition coefficient (Wildman–Crippen LogP) is 3.35. The normalized spacial score (nSPS) is 15.8. The van der Waals surface area contributed by atoms with Crippen molar-refractivity contribution < 1.29 is 14.3 Å². The Morgan fingerprint density at radius 3 is 2.59 bits per heavy atom. The van der Waals surface area contributed by atoms with Crippen molar-refractivity contribution in [1.29, 1.82) is 0 Å². The summed E-state index contributed by atoms with van der Waals surface area (Å²) in [5.41, 5.74) is 2.06. The molecule has 1 amide bonds. The summed E-state index contributed by atoms with van der Waals surface area (Å²) < 4.78 is 12.8. The van der Waals surface area contributed by atoms with Crippen LogP contribution in [0.25, 0.3) is 5.69 Å². The number of ether oxygens (including phenoxy) is 2. The summed E-state index contributed by atoms with van der Waals surface area (Å²) in [4.78, 5) is 16.1. The molecule has 2 aromatic heterocycles. The highest BCUT2D eigenvalue weighted by molar-refractivity contribution is 7.12. The molecule has 0 radical (unpaired) electrons. The summed E-state index contributed by atoms with van der Waals surface area (Å²) in [5, 5.41) is 5.11. The number of nitrogens with one attached hydrogen (secondary N) is 1. The van der Waals surface area contributed by atoms with Gasteiger partial charge >= 0.3 is 0 Å². The highest BCUT2D eigenvalue weighted by Gasteiger charge is 2.24. The minimum Gasteiger partial charge on any atom is -0.497 e. The smallest absolute Gasteiger partial charge is 0.263 e. The molecule has 6 nitrogen and oxygen atoms in total. The Balaban J connectivity index is 1.50. The van der Waals surface area contributed by atoms with Gasteiger partial charge < -0.3 is 19.4 Å². The van der Waals surface area contributed by atoms with Gasteiger partial charge in [-0.2, -0.15) is 0 Å². The van der Waals surface area contributed by atoms with Crippen molar-refractivity contribution in [2.75, 3.05) is 40.0 Å². The first-order valence-electron chi connectivity index (χ1n) is 9.71. The Morgan fingerprint density at radius 1 is 1.17 bits per heavy atom. The summed E-state index contributed by atoms with van der Waals surface area (Å²) in [6, 6.07) is 14.0. The number of rotatable bonds is 7. The lowest BCUT2D eigenvalue weighted by Crippen LogP contribution is -2.43. The van der Waals surface area contributed by atoms with Gasteiger partial charge in [0.05, 0.1) is 32.1 Å². The monoisotopic (exact) mass is 411 g/mol. The standard InChI is InChI=1S/C22H25N3O3S/c1-27-18-6-4-17(5-7-18)20(25-11-13-28-14-12-25)16-23-22(26)21-19(8-15-29-21)24-9-2-3-10-24/h2-10,15,20H,11-14,16H2,1H3,(H,23,26). The van der Waals surface area contributed by atoms with E-state index < -0.39 is 0 Å². The number of hydrogen-bond acceptors (Lipinski definition) is 5. The van der Waals surface area contributed by atoms with Crippen molar-refractivity contribution in [1.82, 2.24) is 14.8 Å². The third-order valence-electron chi connectivity index (χ3n) is 5.18. The second-order valence-corrected chi connectivity index (χ2v) is 7.79. The van der Waals surface area contributed by atoms with Crippen LogP contribution in [0, 0.1) is 0 Å². The van der Waals surface area contributed by atoms with E-state index in [9.17, 15) is 4.79 Å². The van der Waals surface area contributed by atoms with Gasteiger partial charge in [0.1, 0.15) is 10.6 Å². The zero-order chi connectivity index (χ0) is 20.1. The Kier molecular flexibility index (Phi) is 6.29. The van der Waals surface area contributed by atoms with Crippen molar-refractivity contribution in [3.8, 4) is 11.4 Å². The van der Waals surface area contributed by atoms with Crippen LogP contribution >= 0.6 is 11.3 Å². The first-order valence-corrected chi connectivity index (χ1v) is 10.6. The number of thiophene rings is 1. The van der Waals surface area contributed by atoms with Gasteiger partial charge in [0, 0.05) is 32.0 Å². The van der Waals surface area contributed by atoms with Crippen LogP contribution in [0.5, 0.6) is 5.75 Å². The van der Waals surface area contributed by atoms with E-state index in [4.69, 9.17) is 9.47 Å². The molecule has 152 valence electrons. The van der Waals surface area contributed by atoms with Crippen LogP contribution in [-0.2, 0) is 4.74 Å². The maximum Gasteiger partial charge on any atom is 0.263 e. The topological polar surface area (TPSA) is 55.7 Å². The summed E-state index contributed by atoms with van der Waals surface area (Å²) in [7, 11) is 1.66. The van der Waals surface area contributed by atoms with E-state index in [0.717, 1.165) is 35.0 Å². The van der Waals surface area contributed by atoms with Crippen LogP contribution in [0.2, 0.25) is 0 Å². The number of hydrogen-bond donors (Lipinski definition) is 1. The Morgan fingerprint density at radius 2 is 1.90 bits per heavy atom. The zero-order valence-electron chi connectivity index (χ0n) is 16.4. The molecular weight excluding hydrogens is 386 g/mol. The van der Waals surface area contributed by atoms with E-state index in [1.165, 1.54) is 11.3 Å². The van der Waals surface area contributed by atoms with Crippen LogP contribution in [0.4, 0.5) is 0 Å². The fourth-order valence-corrected chi connectivity index (χ4v) is 4.42. The third-order valence-corrected chi connectivity index (χ3v) is 6.08. The second kappa shape index (κ2) is 9.26. The number of amides is 1. The van der Waals surface area contributed by atoms with Crippen LogP contribution in [0.15, 0.2) is 60.2 Å². The van der Waals surface area contributed by atoms with Crippen LogP contribution < -0.4 is 10.1 Å². The van der Waals surface area contributed by atoms with Crippen LogP contribution in [0.3, 0.4) is 0 Å². The molecule has 1 aromatic carbocycles. The van der Waals surface area contributed by atoms with Crippen molar-refractivity contribution in [3.05, 3.63) is 70.7 Å². The fraction of sp³-hybridized carbons (Fsp3) is 0.318. The maximum atomic E-state index is 13.0. The molecule has 1 fully saturated rings. The van der Waals surface area contributed by atoms with Crippen LogP contribution in [0.1, 0.15) is 21.3 Å². The van der Waals surface area contributed by atoms with Gasteiger partial charge in [-0.05, 0) is 41.3 Å². The van der Waals surface area contributed by atoms with Gasteiger partial charge in [0.2, 0.25) is 0 Å².